The van der Waals surface area contributed by atoms with Gasteiger partial charge in [-0.3, -0.25) is 4.79 Å². The maximum absolute atomic E-state index is 13.9. The number of H-pyrrole nitrogens is 1. The molecule has 0 aliphatic carbocycles. The number of aromatic amines is 1. The van der Waals surface area contributed by atoms with Crippen molar-refractivity contribution < 1.29 is 13.2 Å². The number of aryl methyl sites for hydroxylation is 2. The summed E-state index contributed by atoms with van der Waals surface area (Å²) in [4.78, 5) is 17.1. The van der Waals surface area contributed by atoms with E-state index in [2.05, 4.69) is 21.4 Å². The van der Waals surface area contributed by atoms with Crippen LogP contribution in [0.3, 0.4) is 0 Å². The zero-order chi connectivity index (χ0) is 26.4. The summed E-state index contributed by atoms with van der Waals surface area (Å²) in [6.07, 6.45) is 10.1. The average molecular weight is 518 g/mol. The highest BCUT2D eigenvalue weighted by atomic mass is 19.4. The number of hydrogen-bond acceptors (Lipinski definition) is 2. The number of rotatable bonds is 12. The van der Waals surface area contributed by atoms with Crippen molar-refractivity contribution in [1.29, 1.82) is 0 Å². The Morgan fingerprint density at radius 3 is 2.11 bits per heavy atom. The van der Waals surface area contributed by atoms with Crippen LogP contribution in [0.2, 0.25) is 0 Å². The predicted octanol–water partition coefficient (Wildman–Crippen LogP) is 7.98. The van der Waals surface area contributed by atoms with E-state index in [1.807, 2.05) is 13.0 Å². The summed E-state index contributed by atoms with van der Waals surface area (Å²) in [5.41, 5.74) is 1.45. The van der Waals surface area contributed by atoms with E-state index in [0.29, 0.717) is 11.5 Å². The minimum Gasteiger partial charge on any atom is -0.344 e. The highest BCUT2D eigenvalue weighted by Crippen LogP contribution is 2.39. The molecule has 37 heavy (non-hydrogen) atoms. The van der Waals surface area contributed by atoms with Gasteiger partial charge in [-0.1, -0.05) is 51.9 Å². The largest absolute Gasteiger partial charge is 0.417 e. The summed E-state index contributed by atoms with van der Waals surface area (Å²) in [6, 6.07) is 4.18. The molecule has 1 saturated heterocycles. The normalized spacial score (nSPS) is 15.3. The standard InChI is InChI=1S/C30H42F3N3O/c1-3-25-22(2)28-26(16-15-24-29(28)23(30(31,32)33)21-27(37)34-24)36(25)20-14-9-7-5-4-6-8-11-17-35-18-12-10-13-19-35/h15-16,21H,3-14,17-20H2,1-2H3,(H,34,37). The molecule has 0 amide bonds. The van der Waals surface area contributed by atoms with Crippen LogP contribution in [0.25, 0.3) is 21.8 Å². The van der Waals surface area contributed by atoms with Crippen LogP contribution in [0.15, 0.2) is 23.0 Å². The molecule has 1 aromatic carbocycles. The Bertz CT molecular complexity index is 1240. The molecule has 0 saturated carbocycles. The molecule has 0 unspecified atom stereocenters. The summed E-state index contributed by atoms with van der Waals surface area (Å²) in [6.45, 7) is 8.61. The van der Waals surface area contributed by atoms with Crippen LogP contribution < -0.4 is 5.56 Å². The highest BCUT2D eigenvalue weighted by molar-refractivity contribution is 6.09. The second kappa shape index (κ2) is 12.5. The van der Waals surface area contributed by atoms with Crippen molar-refractivity contribution in [1.82, 2.24) is 14.5 Å². The van der Waals surface area contributed by atoms with E-state index in [-0.39, 0.29) is 10.9 Å². The second-order valence-corrected chi connectivity index (χ2v) is 10.7. The molecular formula is C30H42F3N3O. The molecule has 3 heterocycles. The van der Waals surface area contributed by atoms with Crippen LogP contribution >= 0.6 is 0 Å². The van der Waals surface area contributed by atoms with Crippen molar-refractivity contribution in [2.24, 2.45) is 0 Å². The van der Waals surface area contributed by atoms with E-state index in [1.165, 1.54) is 77.4 Å². The summed E-state index contributed by atoms with van der Waals surface area (Å²) >= 11 is 0. The molecule has 0 spiro atoms. The maximum atomic E-state index is 13.9. The van der Waals surface area contributed by atoms with Gasteiger partial charge in [-0.05, 0) is 76.4 Å². The highest BCUT2D eigenvalue weighted by Gasteiger charge is 2.34. The van der Waals surface area contributed by atoms with Crippen molar-refractivity contribution in [3.05, 3.63) is 45.4 Å². The topological polar surface area (TPSA) is 41.0 Å². The number of hydrogen-bond donors (Lipinski definition) is 1. The van der Waals surface area contributed by atoms with Gasteiger partial charge in [0.2, 0.25) is 5.56 Å². The molecule has 0 radical (unpaired) electrons. The fourth-order valence-corrected chi connectivity index (χ4v) is 6.23. The fraction of sp³-hybridized carbons (Fsp3) is 0.633. The molecule has 0 bridgehead atoms. The van der Waals surface area contributed by atoms with Gasteiger partial charge in [0.25, 0.3) is 0 Å². The molecular weight excluding hydrogens is 475 g/mol. The Morgan fingerprint density at radius 1 is 0.865 bits per heavy atom. The SMILES string of the molecule is CCc1c(C)c2c3c(C(F)(F)F)cc(=O)[nH]c3ccc2n1CCCCCCCCCCN1CCCCC1. The molecule has 1 aliphatic rings. The molecule has 3 aromatic rings. The van der Waals surface area contributed by atoms with Crippen molar-refractivity contribution in [3.63, 3.8) is 0 Å². The molecule has 4 nitrogen and oxygen atoms in total. The molecule has 1 N–H and O–H groups in total. The summed E-state index contributed by atoms with van der Waals surface area (Å²) in [5.74, 6) is 0. The number of fused-ring (bicyclic) bond motifs is 3. The number of likely N-dealkylation sites (tertiary alicyclic amines) is 1. The van der Waals surface area contributed by atoms with Gasteiger partial charge in [0, 0.05) is 40.1 Å². The molecule has 0 atom stereocenters. The Morgan fingerprint density at radius 2 is 1.49 bits per heavy atom. The Labute approximate surface area is 218 Å². The van der Waals surface area contributed by atoms with Gasteiger partial charge >= 0.3 is 6.18 Å². The minimum atomic E-state index is -4.59. The van der Waals surface area contributed by atoms with Gasteiger partial charge in [0.05, 0.1) is 5.56 Å². The Balaban J connectivity index is 1.34. The van der Waals surface area contributed by atoms with E-state index >= 15 is 0 Å². The summed E-state index contributed by atoms with van der Waals surface area (Å²) < 4.78 is 43.9. The minimum absolute atomic E-state index is 0.107. The number of nitrogens with one attached hydrogen (secondary N) is 1. The lowest BCUT2D eigenvalue weighted by atomic mass is 10.0. The third-order valence-corrected chi connectivity index (χ3v) is 8.11. The lowest BCUT2D eigenvalue weighted by molar-refractivity contribution is -0.136. The van der Waals surface area contributed by atoms with E-state index in [0.717, 1.165) is 42.6 Å². The fourth-order valence-electron chi connectivity index (χ4n) is 6.23. The third kappa shape index (κ3) is 6.60. The van der Waals surface area contributed by atoms with Crippen molar-refractivity contribution in [3.8, 4) is 0 Å². The number of aromatic nitrogens is 2. The van der Waals surface area contributed by atoms with E-state index in [1.54, 1.807) is 6.07 Å². The summed E-state index contributed by atoms with van der Waals surface area (Å²) in [7, 11) is 0. The maximum Gasteiger partial charge on any atom is 0.417 e. The van der Waals surface area contributed by atoms with Crippen LogP contribution in [-0.4, -0.2) is 34.1 Å². The van der Waals surface area contributed by atoms with Crippen LogP contribution in [0.4, 0.5) is 13.2 Å². The van der Waals surface area contributed by atoms with Crippen LogP contribution in [0.5, 0.6) is 0 Å². The van der Waals surface area contributed by atoms with Crippen molar-refractivity contribution in [2.75, 3.05) is 19.6 Å². The molecule has 2 aromatic heterocycles. The molecule has 1 aliphatic heterocycles. The molecule has 4 rings (SSSR count). The monoisotopic (exact) mass is 517 g/mol. The zero-order valence-electron chi connectivity index (χ0n) is 22.5. The van der Waals surface area contributed by atoms with E-state index < -0.39 is 17.3 Å². The first-order valence-electron chi connectivity index (χ1n) is 14.3. The van der Waals surface area contributed by atoms with Gasteiger partial charge in [-0.15, -0.1) is 0 Å². The van der Waals surface area contributed by atoms with Crippen LogP contribution in [-0.2, 0) is 19.1 Å². The van der Waals surface area contributed by atoms with Gasteiger partial charge in [-0.25, -0.2) is 0 Å². The number of benzene rings is 1. The number of piperidine rings is 1. The molecule has 7 heteroatoms. The van der Waals surface area contributed by atoms with E-state index in [4.69, 9.17) is 0 Å². The summed E-state index contributed by atoms with van der Waals surface area (Å²) in [5, 5.41) is 0.721. The first-order chi connectivity index (χ1) is 17.8. The quantitative estimate of drug-likeness (QED) is 0.248. The number of halogens is 3. The van der Waals surface area contributed by atoms with Crippen LogP contribution in [0, 0.1) is 6.92 Å². The second-order valence-electron chi connectivity index (χ2n) is 10.7. The number of alkyl halides is 3. The van der Waals surface area contributed by atoms with E-state index in [9.17, 15) is 18.0 Å². The smallest absolute Gasteiger partial charge is 0.344 e. The third-order valence-electron chi connectivity index (χ3n) is 8.11. The number of nitrogens with zero attached hydrogens (tertiary/aromatic N) is 2. The Hall–Kier alpha value is -2.28. The first kappa shape index (κ1) is 27.7. The first-order valence-corrected chi connectivity index (χ1v) is 14.3. The average Bonchev–Trinajstić information content (AvgIpc) is 3.15. The molecule has 1 fully saturated rings. The van der Waals surface area contributed by atoms with Gasteiger partial charge in [0.1, 0.15) is 0 Å². The van der Waals surface area contributed by atoms with Crippen LogP contribution in [0.1, 0.15) is 94.4 Å². The zero-order valence-corrected chi connectivity index (χ0v) is 22.5. The van der Waals surface area contributed by atoms with Crippen molar-refractivity contribution in [2.45, 2.75) is 104 Å². The number of pyridine rings is 1. The van der Waals surface area contributed by atoms with Gasteiger partial charge in [-0.2, -0.15) is 13.2 Å². The lowest BCUT2D eigenvalue weighted by Gasteiger charge is -2.26. The Kier molecular flexibility index (Phi) is 9.38. The van der Waals surface area contributed by atoms with Gasteiger partial charge < -0.3 is 14.5 Å². The molecule has 204 valence electrons. The van der Waals surface area contributed by atoms with Crippen molar-refractivity contribution >= 4 is 21.8 Å². The number of unbranched alkanes of at least 4 members (excludes halogenated alkanes) is 7. The predicted molar refractivity (Wildman–Crippen MR) is 146 cm³/mol. The lowest BCUT2D eigenvalue weighted by Crippen LogP contribution is -2.30. The van der Waals surface area contributed by atoms with Gasteiger partial charge in [0.15, 0.2) is 0 Å².